The maximum Gasteiger partial charge on any atom is 0.411 e. The maximum absolute atomic E-state index is 12.6. The summed E-state index contributed by atoms with van der Waals surface area (Å²) >= 11 is 0. The molecule has 0 aromatic rings. The SMILES string of the molecule is CCOC(=O)[C@@H]1[C@H]2C[C@H](C(=O)C2=CN(C)C)N1C(=O)OC(C)(C)C. The molecule has 1 aliphatic carbocycles. The molecule has 1 heterocycles. The van der Waals surface area contributed by atoms with E-state index in [4.69, 9.17) is 9.47 Å². The van der Waals surface area contributed by atoms with E-state index in [1.807, 2.05) is 14.1 Å². The van der Waals surface area contributed by atoms with Crippen molar-refractivity contribution < 1.29 is 23.9 Å². The van der Waals surface area contributed by atoms with Gasteiger partial charge in [-0.1, -0.05) is 0 Å². The van der Waals surface area contributed by atoms with E-state index >= 15 is 0 Å². The molecule has 7 heteroatoms. The van der Waals surface area contributed by atoms with Gasteiger partial charge < -0.3 is 14.4 Å². The summed E-state index contributed by atoms with van der Waals surface area (Å²) in [5.41, 5.74) is -0.133. The van der Waals surface area contributed by atoms with Gasteiger partial charge >= 0.3 is 12.1 Å². The highest BCUT2D eigenvalue weighted by molar-refractivity contribution is 6.07. The van der Waals surface area contributed by atoms with Gasteiger partial charge in [-0.3, -0.25) is 9.69 Å². The number of fused-ring (bicyclic) bond motifs is 2. The standard InChI is InChI=1S/C17H26N2O5/c1-7-23-15(21)13-10-8-12(14(20)11(10)9-18(5)6)19(13)16(22)24-17(2,3)4/h9-10,12-13H,7-8H2,1-6H3/t10-,12+,13-/m0/s1. The summed E-state index contributed by atoms with van der Waals surface area (Å²) < 4.78 is 10.5. The van der Waals surface area contributed by atoms with E-state index in [1.165, 1.54) is 4.90 Å². The van der Waals surface area contributed by atoms with E-state index in [2.05, 4.69) is 0 Å². The van der Waals surface area contributed by atoms with Crippen molar-refractivity contribution in [1.29, 1.82) is 0 Å². The molecule has 24 heavy (non-hydrogen) atoms. The van der Waals surface area contributed by atoms with E-state index in [-0.39, 0.29) is 18.3 Å². The van der Waals surface area contributed by atoms with Crippen molar-refractivity contribution in [2.45, 2.75) is 51.8 Å². The smallest absolute Gasteiger partial charge is 0.411 e. The molecule has 0 spiro atoms. The highest BCUT2D eigenvalue weighted by atomic mass is 16.6. The Morgan fingerprint density at radius 2 is 1.96 bits per heavy atom. The Morgan fingerprint density at radius 1 is 1.33 bits per heavy atom. The van der Waals surface area contributed by atoms with Gasteiger partial charge in [-0.05, 0) is 34.1 Å². The minimum absolute atomic E-state index is 0.125. The molecule has 1 aliphatic heterocycles. The lowest BCUT2D eigenvalue weighted by atomic mass is 9.93. The largest absolute Gasteiger partial charge is 0.464 e. The van der Waals surface area contributed by atoms with Crippen molar-refractivity contribution in [2.75, 3.05) is 20.7 Å². The van der Waals surface area contributed by atoms with Crippen molar-refractivity contribution in [3.63, 3.8) is 0 Å². The fourth-order valence-corrected chi connectivity index (χ4v) is 3.27. The van der Waals surface area contributed by atoms with Crippen molar-refractivity contribution in [1.82, 2.24) is 9.80 Å². The molecule has 1 saturated carbocycles. The summed E-state index contributed by atoms with van der Waals surface area (Å²) in [7, 11) is 3.63. The average Bonchev–Trinajstić information content (AvgIpc) is 2.94. The highest BCUT2D eigenvalue weighted by Crippen LogP contribution is 2.45. The first-order valence-corrected chi connectivity index (χ1v) is 8.17. The molecule has 7 nitrogen and oxygen atoms in total. The molecule has 0 radical (unpaired) electrons. The number of hydrogen-bond donors (Lipinski definition) is 0. The highest BCUT2D eigenvalue weighted by Gasteiger charge is 2.59. The van der Waals surface area contributed by atoms with Gasteiger partial charge in [0.05, 0.1) is 12.6 Å². The van der Waals surface area contributed by atoms with E-state index in [0.29, 0.717) is 12.0 Å². The quantitative estimate of drug-likeness (QED) is 0.574. The predicted octanol–water partition coefficient (Wildman–Crippen LogP) is 1.57. The number of amides is 1. The summed E-state index contributed by atoms with van der Waals surface area (Å²) in [6.07, 6.45) is 1.51. The summed E-state index contributed by atoms with van der Waals surface area (Å²) in [6.45, 7) is 7.17. The minimum Gasteiger partial charge on any atom is -0.464 e. The minimum atomic E-state index is -0.811. The van der Waals surface area contributed by atoms with Crippen molar-refractivity contribution in [3.8, 4) is 0 Å². The first kappa shape index (κ1) is 18.3. The lowest BCUT2D eigenvalue weighted by molar-refractivity contribution is -0.150. The number of esters is 1. The predicted molar refractivity (Wildman–Crippen MR) is 87.2 cm³/mol. The molecular weight excluding hydrogens is 312 g/mol. The molecule has 1 saturated heterocycles. The van der Waals surface area contributed by atoms with Crippen LogP contribution in [0.2, 0.25) is 0 Å². The van der Waals surface area contributed by atoms with Crippen LogP contribution in [0.1, 0.15) is 34.1 Å². The molecule has 134 valence electrons. The van der Waals surface area contributed by atoms with Crippen LogP contribution in [-0.2, 0) is 19.1 Å². The number of ether oxygens (including phenoxy) is 2. The number of Topliss-reactive ketones (excluding diaryl/α,β-unsaturated/α-hetero) is 1. The molecule has 2 bridgehead atoms. The van der Waals surface area contributed by atoms with Crippen molar-refractivity contribution in [3.05, 3.63) is 11.8 Å². The topological polar surface area (TPSA) is 76.2 Å². The number of hydrogen-bond acceptors (Lipinski definition) is 6. The van der Waals surface area contributed by atoms with Crippen LogP contribution in [-0.4, -0.2) is 66.0 Å². The number of carbonyl (C=O) groups is 3. The van der Waals surface area contributed by atoms with Crippen LogP contribution in [0.15, 0.2) is 11.8 Å². The lowest BCUT2D eigenvalue weighted by Crippen LogP contribution is -2.54. The monoisotopic (exact) mass is 338 g/mol. The van der Waals surface area contributed by atoms with E-state index in [0.717, 1.165) is 0 Å². The fourth-order valence-electron chi connectivity index (χ4n) is 3.27. The van der Waals surface area contributed by atoms with Crippen LogP contribution >= 0.6 is 0 Å². The van der Waals surface area contributed by atoms with Crippen LogP contribution in [0, 0.1) is 5.92 Å². The average molecular weight is 338 g/mol. The fraction of sp³-hybridized carbons (Fsp3) is 0.706. The van der Waals surface area contributed by atoms with Gasteiger partial charge in [0.1, 0.15) is 11.6 Å². The molecule has 0 aromatic carbocycles. The number of piperidine rings is 1. The van der Waals surface area contributed by atoms with Gasteiger partial charge in [-0.2, -0.15) is 0 Å². The van der Waals surface area contributed by atoms with Crippen molar-refractivity contribution in [2.24, 2.45) is 5.92 Å². The van der Waals surface area contributed by atoms with E-state index < -0.39 is 29.7 Å². The second-order valence-electron chi connectivity index (χ2n) is 7.35. The van der Waals surface area contributed by atoms with Crippen LogP contribution in [0.5, 0.6) is 0 Å². The van der Waals surface area contributed by atoms with Crippen LogP contribution in [0.25, 0.3) is 0 Å². The van der Waals surface area contributed by atoms with Crippen LogP contribution in [0.4, 0.5) is 4.79 Å². The third-order valence-corrected chi connectivity index (χ3v) is 4.01. The number of ketones is 1. The second kappa shape index (κ2) is 6.45. The molecule has 0 N–H and O–H groups in total. The Kier molecular flexibility index (Phi) is 4.92. The van der Waals surface area contributed by atoms with Gasteiger partial charge in [0.2, 0.25) is 0 Å². The third kappa shape index (κ3) is 3.39. The Bertz CT molecular complexity index is 576. The summed E-state index contributed by atoms with van der Waals surface area (Å²) in [5, 5.41) is 0. The summed E-state index contributed by atoms with van der Waals surface area (Å²) in [6, 6.07) is -1.47. The second-order valence-corrected chi connectivity index (χ2v) is 7.35. The van der Waals surface area contributed by atoms with E-state index in [9.17, 15) is 14.4 Å². The number of rotatable bonds is 3. The van der Waals surface area contributed by atoms with Gasteiger partial charge in [0, 0.05) is 31.8 Å². The molecular formula is C17H26N2O5. The molecule has 0 aromatic heterocycles. The lowest BCUT2D eigenvalue weighted by Gasteiger charge is -2.35. The number of nitrogens with zero attached hydrogens (tertiary/aromatic N) is 2. The zero-order valence-electron chi connectivity index (χ0n) is 15.2. The molecule has 2 fully saturated rings. The van der Waals surface area contributed by atoms with Crippen molar-refractivity contribution >= 4 is 17.8 Å². The summed E-state index contributed by atoms with van der Waals surface area (Å²) in [5.74, 6) is -0.968. The molecule has 2 rings (SSSR count). The number of likely N-dealkylation sites (tertiary alicyclic amines) is 1. The van der Waals surface area contributed by atoms with Crippen LogP contribution in [0.3, 0.4) is 0 Å². The van der Waals surface area contributed by atoms with Gasteiger partial charge in [-0.15, -0.1) is 0 Å². The maximum atomic E-state index is 12.6. The molecule has 0 unspecified atom stereocenters. The molecule has 3 atom stereocenters. The Labute approximate surface area is 142 Å². The zero-order chi connectivity index (χ0) is 18.2. The van der Waals surface area contributed by atoms with Gasteiger partial charge in [0.25, 0.3) is 0 Å². The zero-order valence-corrected chi connectivity index (χ0v) is 15.2. The Balaban J connectivity index is 2.36. The molecule has 1 amide bonds. The first-order valence-electron chi connectivity index (χ1n) is 8.17. The number of carbonyl (C=O) groups excluding carboxylic acids is 3. The normalized spacial score (nSPS) is 27.6. The third-order valence-electron chi connectivity index (χ3n) is 4.01. The van der Waals surface area contributed by atoms with Gasteiger partial charge in [0.15, 0.2) is 5.78 Å². The van der Waals surface area contributed by atoms with E-state index in [1.54, 1.807) is 38.8 Å². The summed E-state index contributed by atoms with van der Waals surface area (Å²) in [4.78, 5) is 40.6. The van der Waals surface area contributed by atoms with Gasteiger partial charge in [-0.25, -0.2) is 9.59 Å². The first-order chi connectivity index (χ1) is 11.1. The van der Waals surface area contributed by atoms with Crippen LogP contribution < -0.4 is 0 Å². The molecule has 2 aliphatic rings. The Morgan fingerprint density at radius 3 is 2.46 bits per heavy atom. The Hall–Kier alpha value is -2.05.